The van der Waals surface area contributed by atoms with Gasteiger partial charge in [-0.15, -0.1) is 11.3 Å². The molecule has 84 valence electrons. The Morgan fingerprint density at radius 1 is 1.67 bits per heavy atom. The molecule has 1 unspecified atom stereocenters. The van der Waals surface area contributed by atoms with E-state index in [2.05, 4.69) is 15.6 Å². The van der Waals surface area contributed by atoms with Crippen molar-refractivity contribution >= 4 is 22.9 Å². The van der Waals surface area contributed by atoms with Crippen LogP contribution in [0, 0.1) is 5.92 Å². The summed E-state index contributed by atoms with van der Waals surface area (Å²) in [6, 6.07) is 1.99. The molecule has 0 bridgehead atoms. The van der Waals surface area contributed by atoms with Gasteiger partial charge in [0.2, 0.25) is 0 Å². The molecule has 1 aliphatic heterocycles. The average Bonchev–Trinajstić information content (AvgIpc) is 2.79. The number of rotatable bonds is 4. The Hall–Kier alpha value is -0.0900. The molecule has 1 fully saturated rings. The number of halogens is 1. The van der Waals surface area contributed by atoms with Gasteiger partial charge in [0.25, 0.3) is 0 Å². The van der Waals surface area contributed by atoms with E-state index in [1.54, 1.807) is 11.3 Å². The summed E-state index contributed by atoms with van der Waals surface area (Å²) >= 11 is 7.85. The number of likely N-dealkylation sites (tertiary alicyclic amines) is 1. The highest BCUT2D eigenvalue weighted by Gasteiger charge is 2.22. The van der Waals surface area contributed by atoms with Crippen molar-refractivity contribution in [2.24, 2.45) is 5.92 Å². The third-order valence-electron chi connectivity index (χ3n) is 2.92. The Balaban J connectivity index is 1.85. The first kappa shape index (κ1) is 11.4. The predicted molar refractivity (Wildman–Crippen MR) is 66.6 cm³/mol. The van der Waals surface area contributed by atoms with Crippen molar-refractivity contribution in [3.05, 3.63) is 21.3 Å². The van der Waals surface area contributed by atoms with Crippen LogP contribution >= 0.6 is 22.9 Å². The second-order valence-electron chi connectivity index (χ2n) is 4.14. The molecule has 1 aliphatic rings. The van der Waals surface area contributed by atoms with Gasteiger partial charge in [-0.2, -0.15) is 0 Å². The van der Waals surface area contributed by atoms with Gasteiger partial charge >= 0.3 is 0 Å². The van der Waals surface area contributed by atoms with Crippen molar-refractivity contribution in [2.45, 2.75) is 13.0 Å². The van der Waals surface area contributed by atoms with Gasteiger partial charge in [-0.05, 0) is 43.9 Å². The maximum absolute atomic E-state index is 6.09. The first-order valence-electron chi connectivity index (χ1n) is 5.38. The zero-order valence-electron chi connectivity index (χ0n) is 9.00. The van der Waals surface area contributed by atoms with Crippen molar-refractivity contribution in [1.29, 1.82) is 0 Å². The molecule has 1 aromatic rings. The second-order valence-corrected chi connectivity index (χ2v) is 5.55. The number of nitrogens with one attached hydrogen (secondary N) is 1. The molecule has 0 aliphatic carbocycles. The standard InChI is InChI=1S/C11H17ClN2S/c1-13-6-9-2-4-14(7-9)8-11-10(12)3-5-15-11/h3,5,9,13H,2,4,6-8H2,1H3. The lowest BCUT2D eigenvalue weighted by Gasteiger charge is -2.15. The summed E-state index contributed by atoms with van der Waals surface area (Å²) in [5.41, 5.74) is 0. The predicted octanol–water partition coefficient (Wildman–Crippen LogP) is 2.44. The number of hydrogen-bond acceptors (Lipinski definition) is 3. The molecule has 15 heavy (non-hydrogen) atoms. The lowest BCUT2D eigenvalue weighted by atomic mass is 10.1. The van der Waals surface area contributed by atoms with Gasteiger partial charge in [-0.25, -0.2) is 0 Å². The van der Waals surface area contributed by atoms with E-state index in [4.69, 9.17) is 11.6 Å². The van der Waals surface area contributed by atoms with E-state index in [0.717, 1.165) is 24.0 Å². The zero-order chi connectivity index (χ0) is 10.7. The summed E-state index contributed by atoms with van der Waals surface area (Å²) in [6.07, 6.45) is 1.31. The summed E-state index contributed by atoms with van der Waals surface area (Å²) in [5.74, 6) is 0.814. The summed E-state index contributed by atoms with van der Waals surface area (Å²) in [7, 11) is 2.03. The van der Waals surface area contributed by atoms with E-state index >= 15 is 0 Å². The minimum Gasteiger partial charge on any atom is -0.319 e. The van der Waals surface area contributed by atoms with Crippen LogP contribution in [-0.4, -0.2) is 31.6 Å². The molecule has 0 radical (unpaired) electrons. The van der Waals surface area contributed by atoms with Crippen LogP contribution in [0.1, 0.15) is 11.3 Å². The minimum absolute atomic E-state index is 0.814. The van der Waals surface area contributed by atoms with Crippen LogP contribution in [0.4, 0.5) is 0 Å². The fourth-order valence-corrected chi connectivity index (χ4v) is 3.29. The van der Waals surface area contributed by atoms with Crippen molar-refractivity contribution in [3.8, 4) is 0 Å². The maximum atomic E-state index is 6.09. The maximum Gasteiger partial charge on any atom is 0.0558 e. The lowest BCUT2D eigenvalue weighted by molar-refractivity contribution is 0.318. The Kier molecular flexibility index (Phi) is 4.03. The van der Waals surface area contributed by atoms with E-state index in [1.165, 1.54) is 24.4 Å². The van der Waals surface area contributed by atoms with E-state index in [-0.39, 0.29) is 0 Å². The molecule has 2 heterocycles. The quantitative estimate of drug-likeness (QED) is 0.875. The summed E-state index contributed by atoms with van der Waals surface area (Å²) < 4.78 is 0. The molecule has 0 amide bonds. The van der Waals surface area contributed by atoms with E-state index in [0.29, 0.717) is 0 Å². The monoisotopic (exact) mass is 244 g/mol. The normalized spacial score (nSPS) is 22.4. The van der Waals surface area contributed by atoms with Crippen LogP contribution in [0.5, 0.6) is 0 Å². The highest BCUT2D eigenvalue weighted by Crippen LogP contribution is 2.26. The highest BCUT2D eigenvalue weighted by molar-refractivity contribution is 7.10. The first-order chi connectivity index (χ1) is 7.29. The largest absolute Gasteiger partial charge is 0.319 e. The molecular formula is C11H17ClN2S. The zero-order valence-corrected chi connectivity index (χ0v) is 10.6. The fraction of sp³-hybridized carbons (Fsp3) is 0.636. The van der Waals surface area contributed by atoms with Gasteiger partial charge in [0.05, 0.1) is 5.02 Å². The number of hydrogen-bond donors (Lipinski definition) is 1. The van der Waals surface area contributed by atoms with E-state index < -0.39 is 0 Å². The molecule has 0 spiro atoms. The Bertz CT molecular complexity index is 313. The summed E-state index contributed by atoms with van der Waals surface area (Å²) in [5, 5.41) is 6.25. The van der Waals surface area contributed by atoms with Crippen molar-refractivity contribution < 1.29 is 0 Å². The average molecular weight is 245 g/mol. The molecule has 0 saturated carbocycles. The molecule has 1 atom stereocenters. The van der Waals surface area contributed by atoms with Gasteiger partial charge in [0.15, 0.2) is 0 Å². The van der Waals surface area contributed by atoms with Gasteiger partial charge in [0.1, 0.15) is 0 Å². The van der Waals surface area contributed by atoms with E-state index in [1.807, 2.05) is 13.1 Å². The molecule has 0 aromatic carbocycles. The number of thiophene rings is 1. The van der Waals surface area contributed by atoms with Crippen molar-refractivity contribution in [2.75, 3.05) is 26.7 Å². The van der Waals surface area contributed by atoms with Gasteiger partial charge in [0, 0.05) is 18.0 Å². The molecular weight excluding hydrogens is 228 g/mol. The molecule has 2 rings (SSSR count). The minimum atomic E-state index is 0.814. The molecule has 2 nitrogen and oxygen atoms in total. The fourth-order valence-electron chi connectivity index (χ4n) is 2.15. The summed E-state index contributed by atoms with van der Waals surface area (Å²) in [6.45, 7) is 4.57. The van der Waals surface area contributed by atoms with Crippen LogP contribution in [0.3, 0.4) is 0 Å². The lowest BCUT2D eigenvalue weighted by Crippen LogP contribution is -2.24. The first-order valence-corrected chi connectivity index (χ1v) is 6.64. The smallest absolute Gasteiger partial charge is 0.0558 e. The Labute approximate surface area is 100 Å². The van der Waals surface area contributed by atoms with Crippen LogP contribution in [0.2, 0.25) is 5.02 Å². The van der Waals surface area contributed by atoms with Crippen molar-refractivity contribution in [1.82, 2.24) is 10.2 Å². The van der Waals surface area contributed by atoms with Gasteiger partial charge < -0.3 is 5.32 Å². The molecule has 4 heteroatoms. The van der Waals surface area contributed by atoms with Crippen LogP contribution in [0.15, 0.2) is 11.4 Å². The third kappa shape index (κ3) is 2.94. The molecule has 1 aromatic heterocycles. The Morgan fingerprint density at radius 3 is 3.20 bits per heavy atom. The molecule has 1 N–H and O–H groups in total. The molecule has 1 saturated heterocycles. The SMILES string of the molecule is CNCC1CCN(Cc2sccc2Cl)C1. The highest BCUT2D eigenvalue weighted by atomic mass is 35.5. The third-order valence-corrected chi connectivity index (χ3v) is 4.29. The summed E-state index contributed by atoms with van der Waals surface area (Å²) in [4.78, 5) is 3.81. The van der Waals surface area contributed by atoms with Crippen LogP contribution < -0.4 is 5.32 Å². The van der Waals surface area contributed by atoms with Crippen LogP contribution in [0.25, 0.3) is 0 Å². The number of nitrogens with zero attached hydrogens (tertiary/aromatic N) is 1. The second kappa shape index (κ2) is 5.30. The van der Waals surface area contributed by atoms with Gasteiger partial charge in [-0.3, -0.25) is 4.90 Å². The van der Waals surface area contributed by atoms with Crippen molar-refractivity contribution in [3.63, 3.8) is 0 Å². The van der Waals surface area contributed by atoms with E-state index in [9.17, 15) is 0 Å². The van der Waals surface area contributed by atoms with Gasteiger partial charge in [-0.1, -0.05) is 11.6 Å². The Morgan fingerprint density at radius 2 is 2.53 bits per heavy atom. The topological polar surface area (TPSA) is 15.3 Å². The van der Waals surface area contributed by atoms with Crippen LogP contribution in [-0.2, 0) is 6.54 Å².